The number of hydrogen-bond acceptors (Lipinski definition) is 1. The van der Waals surface area contributed by atoms with E-state index >= 15 is 0 Å². The highest BCUT2D eigenvalue weighted by Crippen LogP contribution is 2.36. The van der Waals surface area contributed by atoms with Crippen LogP contribution in [0, 0.1) is 6.92 Å². The summed E-state index contributed by atoms with van der Waals surface area (Å²) in [7, 11) is 0. The number of halogens is 1. The molecule has 2 rings (SSSR count). The van der Waals surface area contributed by atoms with Crippen molar-refractivity contribution in [1.82, 2.24) is 9.78 Å². The third-order valence-corrected chi connectivity index (χ3v) is 2.30. The zero-order valence-electron chi connectivity index (χ0n) is 5.84. The Morgan fingerprint density at radius 2 is 2.40 bits per heavy atom. The van der Waals surface area contributed by atoms with Crippen LogP contribution in [0.1, 0.15) is 24.6 Å². The summed E-state index contributed by atoms with van der Waals surface area (Å²) in [6, 6.07) is 2.74. The molecular weight excluding hydrogens is 192 g/mol. The summed E-state index contributed by atoms with van der Waals surface area (Å²) in [6.45, 7) is 2.02. The molecule has 0 atom stereocenters. The molecule has 1 heterocycles. The lowest BCUT2D eigenvalue weighted by Gasteiger charge is -1.96. The summed E-state index contributed by atoms with van der Waals surface area (Å²) in [4.78, 5) is 0. The Hall–Kier alpha value is -0.310. The second kappa shape index (κ2) is 2.09. The van der Waals surface area contributed by atoms with Crippen molar-refractivity contribution in [3.05, 3.63) is 16.4 Å². The van der Waals surface area contributed by atoms with E-state index in [0.29, 0.717) is 6.04 Å². The maximum Gasteiger partial charge on any atom is 0.104 e. The molecule has 10 heavy (non-hydrogen) atoms. The fraction of sp³-hybridized carbons (Fsp3) is 0.571. The van der Waals surface area contributed by atoms with Crippen molar-refractivity contribution in [2.75, 3.05) is 0 Å². The molecule has 2 nitrogen and oxygen atoms in total. The van der Waals surface area contributed by atoms with Gasteiger partial charge in [0.2, 0.25) is 0 Å². The highest BCUT2D eigenvalue weighted by Gasteiger charge is 2.25. The van der Waals surface area contributed by atoms with Crippen molar-refractivity contribution < 1.29 is 0 Å². The Balaban J connectivity index is 2.38. The van der Waals surface area contributed by atoms with Gasteiger partial charge in [0.25, 0.3) is 0 Å². The molecule has 0 aromatic carbocycles. The largest absolute Gasteiger partial charge is 0.255 e. The first kappa shape index (κ1) is 6.40. The quantitative estimate of drug-likeness (QED) is 0.681. The van der Waals surface area contributed by atoms with Crippen LogP contribution in [0.5, 0.6) is 0 Å². The van der Waals surface area contributed by atoms with Gasteiger partial charge < -0.3 is 0 Å². The van der Waals surface area contributed by atoms with Gasteiger partial charge in [-0.2, -0.15) is 5.10 Å². The molecule has 1 fully saturated rings. The molecule has 1 aliphatic carbocycles. The number of aryl methyl sites for hydroxylation is 1. The zero-order chi connectivity index (χ0) is 7.14. The summed E-state index contributed by atoms with van der Waals surface area (Å²) in [5, 5.41) is 4.34. The predicted octanol–water partition coefficient (Wildman–Crippen LogP) is 2.29. The van der Waals surface area contributed by atoms with E-state index in [2.05, 4.69) is 31.8 Å². The van der Waals surface area contributed by atoms with Crippen LogP contribution < -0.4 is 0 Å². The number of rotatable bonds is 1. The molecular formula is C7H9BrN2. The Kier molecular flexibility index (Phi) is 1.34. The standard InChI is InChI=1S/C7H9BrN2/c1-5-4-7(8)10(9-5)6-2-3-6/h4,6H,2-3H2,1H3. The first-order valence-electron chi connectivity index (χ1n) is 3.49. The molecule has 0 unspecified atom stereocenters. The van der Waals surface area contributed by atoms with E-state index in [1.54, 1.807) is 0 Å². The predicted molar refractivity (Wildman–Crippen MR) is 42.9 cm³/mol. The van der Waals surface area contributed by atoms with Crippen molar-refractivity contribution in [2.24, 2.45) is 0 Å². The van der Waals surface area contributed by atoms with Crippen LogP contribution in [0.3, 0.4) is 0 Å². The van der Waals surface area contributed by atoms with Gasteiger partial charge >= 0.3 is 0 Å². The van der Waals surface area contributed by atoms with Gasteiger partial charge in [0.15, 0.2) is 0 Å². The summed E-state index contributed by atoms with van der Waals surface area (Å²) in [5.74, 6) is 0. The summed E-state index contributed by atoms with van der Waals surface area (Å²) in [6.07, 6.45) is 2.58. The fourth-order valence-corrected chi connectivity index (χ4v) is 1.76. The smallest absolute Gasteiger partial charge is 0.104 e. The molecule has 0 bridgehead atoms. The zero-order valence-corrected chi connectivity index (χ0v) is 7.43. The lowest BCUT2D eigenvalue weighted by atomic mass is 10.5. The van der Waals surface area contributed by atoms with E-state index in [0.717, 1.165) is 10.3 Å². The van der Waals surface area contributed by atoms with Crippen molar-refractivity contribution >= 4 is 15.9 Å². The molecule has 0 saturated heterocycles. The van der Waals surface area contributed by atoms with Crippen LogP contribution in [0.15, 0.2) is 10.7 Å². The van der Waals surface area contributed by atoms with Crippen LogP contribution in [0.25, 0.3) is 0 Å². The summed E-state index contributed by atoms with van der Waals surface area (Å²) >= 11 is 3.46. The van der Waals surface area contributed by atoms with Gasteiger partial charge in [-0.1, -0.05) is 0 Å². The molecule has 0 radical (unpaired) electrons. The van der Waals surface area contributed by atoms with Gasteiger partial charge in [0.1, 0.15) is 4.60 Å². The third-order valence-electron chi connectivity index (χ3n) is 1.71. The number of aromatic nitrogens is 2. The third kappa shape index (κ3) is 0.985. The minimum Gasteiger partial charge on any atom is -0.255 e. The Morgan fingerprint density at radius 1 is 1.70 bits per heavy atom. The van der Waals surface area contributed by atoms with Crippen LogP contribution in [0.2, 0.25) is 0 Å². The monoisotopic (exact) mass is 200 g/mol. The highest BCUT2D eigenvalue weighted by molar-refractivity contribution is 9.10. The van der Waals surface area contributed by atoms with E-state index < -0.39 is 0 Å². The number of nitrogens with zero attached hydrogens (tertiary/aromatic N) is 2. The van der Waals surface area contributed by atoms with E-state index in [-0.39, 0.29) is 0 Å². The Labute approximate surface area is 68.4 Å². The van der Waals surface area contributed by atoms with E-state index in [1.807, 2.05) is 6.92 Å². The average molecular weight is 201 g/mol. The molecule has 1 saturated carbocycles. The summed E-state index contributed by atoms with van der Waals surface area (Å²) < 4.78 is 3.18. The van der Waals surface area contributed by atoms with E-state index in [4.69, 9.17) is 0 Å². The van der Waals surface area contributed by atoms with Crippen molar-refractivity contribution in [3.63, 3.8) is 0 Å². The first-order chi connectivity index (χ1) is 4.77. The molecule has 1 aliphatic rings. The van der Waals surface area contributed by atoms with Crippen LogP contribution in [-0.4, -0.2) is 9.78 Å². The molecule has 1 aromatic heterocycles. The molecule has 0 amide bonds. The van der Waals surface area contributed by atoms with Gasteiger partial charge in [-0.15, -0.1) is 0 Å². The van der Waals surface area contributed by atoms with Crippen LogP contribution in [-0.2, 0) is 0 Å². The van der Waals surface area contributed by atoms with Gasteiger partial charge in [-0.05, 0) is 41.8 Å². The lowest BCUT2D eigenvalue weighted by Crippen LogP contribution is -1.95. The van der Waals surface area contributed by atoms with Gasteiger partial charge in [-0.25, -0.2) is 0 Å². The molecule has 0 spiro atoms. The fourth-order valence-electron chi connectivity index (χ4n) is 1.06. The van der Waals surface area contributed by atoms with Crippen LogP contribution in [0.4, 0.5) is 0 Å². The maximum absolute atomic E-state index is 4.34. The molecule has 54 valence electrons. The first-order valence-corrected chi connectivity index (χ1v) is 4.28. The minimum atomic E-state index is 0.683. The minimum absolute atomic E-state index is 0.683. The van der Waals surface area contributed by atoms with E-state index in [9.17, 15) is 0 Å². The highest BCUT2D eigenvalue weighted by atomic mass is 79.9. The SMILES string of the molecule is Cc1cc(Br)n(C2CC2)n1. The van der Waals surface area contributed by atoms with Crippen molar-refractivity contribution in [3.8, 4) is 0 Å². The van der Waals surface area contributed by atoms with Crippen molar-refractivity contribution in [2.45, 2.75) is 25.8 Å². The topological polar surface area (TPSA) is 17.8 Å². The Bertz CT molecular complexity index is 250. The molecule has 0 aliphatic heterocycles. The Morgan fingerprint density at radius 3 is 2.80 bits per heavy atom. The van der Waals surface area contributed by atoms with Crippen LogP contribution >= 0.6 is 15.9 Å². The molecule has 1 aromatic rings. The average Bonchev–Trinajstić information content (AvgIpc) is 2.61. The molecule has 3 heteroatoms. The second-order valence-electron chi connectivity index (χ2n) is 2.78. The molecule has 0 N–H and O–H groups in total. The van der Waals surface area contributed by atoms with Gasteiger partial charge in [-0.3, -0.25) is 4.68 Å². The number of hydrogen-bond donors (Lipinski definition) is 0. The van der Waals surface area contributed by atoms with Gasteiger partial charge in [0.05, 0.1) is 11.7 Å². The van der Waals surface area contributed by atoms with Gasteiger partial charge in [0, 0.05) is 0 Å². The van der Waals surface area contributed by atoms with E-state index in [1.165, 1.54) is 12.8 Å². The normalized spacial score (nSPS) is 17.8. The summed E-state index contributed by atoms with van der Waals surface area (Å²) in [5.41, 5.74) is 1.10. The maximum atomic E-state index is 4.34. The second-order valence-corrected chi connectivity index (χ2v) is 3.60. The van der Waals surface area contributed by atoms with Crippen molar-refractivity contribution in [1.29, 1.82) is 0 Å². The lowest BCUT2D eigenvalue weighted by molar-refractivity contribution is 0.622.